The molecule has 17 heavy (non-hydrogen) atoms. The van der Waals surface area contributed by atoms with E-state index in [0.29, 0.717) is 5.92 Å². The molecule has 0 heterocycles. The van der Waals surface area contributed by atoms with E-state index in [1.54, 1.807) is 0 Å². The molecule has 2 aliphatic rings. The maximum atomic E-state index is 2.37. The third-order valence-corrected chi connectivity index (χ3v) is 3.68. The van der Waals surface area contributed by atoms with E-state index in [1.807, 2.05) is 0 Å². The maximum absolute atomic E-state index is 2.37. The molecule has 0 saturated heterocycles. The lowest BCUT2D eigenvalue weighted by molar-refractivity contribution is 1.00. The van der Waals surface area contributed by atoms with Gasteiger partial charge in [0, 0.05) is 5.92 Å². The monoisotopic (exact) mass is 220 g/mol. The van der Waals surface area contributed by atoms with E-state index in [4.69, 9.17) is 0 Å². The van der Waals surface area contributed by atoms with Crippen molar-refractivity contribution in [1.29, 1.82) is 0 Å². The molecule has 84 valence electrons. The summed E-state index contributed by atoms with van der Waals surface area (Å²) in [7, 11) is 0. The second-order valence-electron chi connectivity index (χ2n) is 4.75. The van der Waals surface area contributed by atoms with Gasteiger partial charge in [-0.05, 0) is 41.7 Å². The number of allylic oxidation sites excluding steroid dienone is 8. The Labute approximate surface area is 103 Å². The zero-order chi connectivity index (χ0) is 11.8. The molecule has 0 radical (unpaired) electrons. The SMILES string of the molecule is CC1=CC2C=CC=CC2=C(C)c2ccccc21. The van der Waals surface area contributed by atoms with Crippen LogP contribution in [0.25, 0.3) is 11.1 Å². The summed E-state index contributed by atoms with van der Waals surface area (Å²) in [6.45, 7) is 4.44. The van der Waals surface area contributed by atoms with Gasteiger partial charge in [0.2, 0.25) is 0 Å². The molecule has 1 unspecified atom stereocenters. The van der Waals surface area contributed by atoms with Gasteiger partial charge in [0.05, 0.1) is 0 Å². The molecule has 1 atom stereocenters. The Hall–Kier alpha value is -1.82. The first-order valence-corrected chi connectivity index (χ1v) is 6.11. The first-order chi connectivity index (χ1) is 8.27. The van der Waals surface area contributed by atoms with Crippen LogP contribution in [0.4, 0.5) is 0 Å². The quantitative estimate of drug-likeness (QED) is 0.598. The lowest BCUT2D eigenvalue weighted by atomic mass is 9.89. The summed E-state index contributed by atoms with van der Waals surface area (Å²) in [5, 5.41) is 0. The average molecular weight is 220 g/mol. The fourth-order valence-electron chi connectivity index (χ4n) is 2.75. The van der Waals surface area contributed by atoms with Gasteiger partial charge in [-0.15, -0.1) is 0 Å². The fourth-order valence-corrected chi connectivity index (χ4v) is 2.75. The number of benzene rings is 1. The van der Waals surface area contributed by atoms with Gasteiger partial charge in [-0.2, -0.15) is 0 Å². The topological polar surface area (TPSA) is 0 Å². The minimum atomic E-state index is 0.437. The molecule has 0 N–H and O–H groups in total. The maximum Gasteiger partial charge on any atom is 0.0210 e. The van der Waals surface area contributed by atoms with Gasteiger partial charge in [-0.25, -0.2) is 0 Å². The third-order valence-electron chi connectivity index (χ3n) is 3.68. The van der Waals surface area contributed by atoms with Crippen LogP contribution in [0.3, 0.4) is 0 Å². The molecule has 0 spiro atoms. The van der Waals surface area contributed by atoms with E-state index in [9.17, 15) is 0 Å². The smallest absolute Gasteiger partial charge is 0.0210 e. The third kappa shape index (κ3) is 1.61. The van der Waals surface area contributed by atoms with Gasteiger partial charge in [0.25, 0.3) is 0 Å². The first-order valence-electron chi connectivity index (χ1n) is 6.11. The fraction of sp³-hybridized carbons (Fsp3) is 0.176. The zero-order valence-electron chi connectivity index (χ0n) is 10.3. The molecule has 0 bridgehead atoms. The van der Waals surface area contributed by atoms with Crippen LogP contribution in [0.2, 0.25) is 0 Å². The summed E-state index contributed by atoms with van der Waals surface area (Å²) in [6.07, 6.45) is 11.2. The highest BCUT2D eigenvalue weighted by molar-refractivity contribution is 5.84. The van der Waals surface area contributed by atoms with E-state index in [-0.39, 0.29) is 0 Å². The zero-order valence-corrected chi connectivity index (χ0v) is 10.3. The van der Waals surface area contributed by atoms with Crippen molar-refractivity contribution in [2.24, 2.45) is 5.92 Å². The van der Waals surface area contributed by atoms with Gasteiger partial charge in [-0.1, -0.05) is 54.6 Å². The van der Waals surface area contributed by atoms with E-state index in [0.717, 1.165) is 0 Å². The predicted molar refractivity (Wildman–Crippen MR) is 74.5 cm³/mol. The summed E-state index contributed by atoms with van der Waals surface area (Å²) < 4.78 is 0. The highest BCUT2D eigenvalue weighted by Crippen LogP contribution is 2.37. The second kappa shape index (κ2) is 3.89. The van der Waals surface area contributed by atoms with Crippen LogP contribution in [-0.2, 0) is 0 Å². The van der Waals surface area contributed by atoms with E-state index in [1.165, 1.54) is 27.8 Å². The molecule has 2 aliphatic carbocycles. The Morgan fingerprint density at radius 3 is 2.53 bits per heavy atom. The van der Waals surface area contributed by atoms with E-state index >= 15 is 0 Å². The summed E-state index contributed by atoms with van der Waals surface area (Å²) in [4.78, 5) is 0. The molecule has 3 rings (SSSR count). The Morgan fingerprint density at radius 2 is 1.71 bits per heavy atom. The summed E-state index contributed by atoms with van der Waals surface area (Å²) >= 11 is 0. The van der Waals surface area contributed by atoms with Crippen LogP contribution in [-0.4, -0.2) is 0 Å². The van der Waals surface area contributed by atoms with Crippen molar-refractivity contribution in [3.05, 3.63) is 71.3 Å². The molecule has 0 aliphatic heterocycles. The van der Waals surface area contributed by atoms with Crippen LogP contribution in [0, 0.1) is 5.92 Å². The number of rotatable bonds is 0. The highest BCUT2D eigenvalue weighted by Gasteiger charge is 2.19. The van der Waals surface area contributed by atoms with Gasteiger partial charge in [-0.3, -0.25) is 0 Å². The Bertz CT molecular complexity index is 580. The predicted octanol–water partition coefficient (Wildman–Crippen LogP) is 4.62. The summed E-state index contributed by atoms with van der Waals surface area (Å²) in [5.74, 6) is 0.437. The lowest BCUT2D eigenvalue weighted by Gasteiger charge is -2.15. The van der Waals surface area contributed by atoms with Crippen molar-refractivity contribution < 1.29 is 0 Å². The molecular formula is C17H16. The Balaban J connectivity index is 2.31. The molecule has 1 aromatic carbocycles. The van der Waals surface area contributed by atoms with Crippen molar-refractivity contribution in [2.45, 2.75) is 13.8 Å². The summed E-state index contributed by atoms with van der Waals surface area (Å²) in [6, 6.07) is 8.69. The molecule has 0 fully saturated rings. The first kappa shape index (κ1) is 10.3. The Morgan fingerprint density at radius 1 is 0.941 bits per heavy atom. The summed E-state index contributed by atoms with van der Waals surface area (Å²) in [5.41, 5.74) is 6.95. The molecule has 1 aromatic rings. The van der Waals surface area contributed by atoms with Crippen molar-refractivity contribution in [1.82, 2.24) is 0 Å². The standard InChI is InChI=1S/C17H16/c1-12-11-14-7-3-4-9-16(14)13(2)17-10-6-5-8-15(12)17/h3-11,14H,1-2H3. The normalized spacial score (nSPS) is 21.8. The van der Waals surface area contributed by atoms with E-state index in [2.05, 4.69) is 68.5 Å². The minimum Gasteiger partial charge on any atom is -0.0732 e. The van der Waals surface area contributed by atoms with Crippen molar-refractivity contribution in [2.75, 3.05) is 0 Å². The average Bonchev–Trinajstić information content (AvgIpc) is 2.48. The molecule has 0 heteroatoms. The molecule has 0 saturated carbocycles. The Kier molecular flexibility index (Phi) is 2.36. The van der Waals surface area contributed by atoms with Crippen LogP contribution in [0.15, 0.2) is 60.2 Å². The number of fused-ring (bicyclic) bond motifs is 2. The lowest BCUT2D eigenvalue weighted by Crippen LogP contribution is -1.99. The number of hydrogen-bond donors (Lipinski definition) is 0. The van der Waals surface area contributed by atoms with Crippen molar-refractivity contribution in [3.8, 4) is 0 Å². The molecular weight excluding hydrogens is 204 g/mol. The highest BCUT2D eigenvalue weighted by atomic mass is 14.2. The van der Waals surface area contributed by atoms with Crippen molar-refractivity contribution >= 4 is 11.1 Å². The molecule has 0 amide bonds. The van der Waals surface area contributed by atoms with Gasteiger partial charge >= 0.3 is 0 Å². The van der Waals surface area contributed by atoms with Crippen LogP contribution in [0.5, 0.6) is 0 Å². The molecule has 0 nitrogen and oxygen atoms in total. The van der Waals surface area contributed by atoms with Crippen LogP contribution >= 0.6 is 0 Å². The second-order valence-corrected chi connectivity index (χ2v) is 4.75. The van der Waals surface area contributed by atoms with E-state index < -0.39 is 0 Å². The van der Waals surface area contributed by atoms with Crippen LogP contribution in [0.1, 0.15) is 25.0 Å². The largest absolute Gasteiger partial charge is 0.0732 e. The van der Waals surface area contributed by atoms with Crippen molar-refractivity contribution in [3.63, 3.8) is 0 Å². The van der Waals surface area contributed by atoms with Gasteiger partial charge in [0.15, 0.2) is 0 Å². The molecule has 0 aromatic heterocycles. The minimum absolute atomic E-state index is 0.437. The number of hydrogen-bond acceptors (Lipinski definition) is 0. The van der Waals surface area contributed by atoms with Gasteiger partial charge in [0.1, 0.15) is 0 Å². The van der Waals surface area contributed by atoms with Gasteiger partial charge < -0.3 is 0 Å². The van der Waals surface area contributed by atoms with Crippen LogP contribution < -0.4 is 0 Å².